The Bertz CT molecular complexity index is 1310. The first-order valence-electron chi connectivity index (χ1n) is 14.7. The Balaban J connectivity index is 1.95. The molecule has 2 aliphatic carbocycles. The van der Waals surface area contributed by atoms with Gasteiger partial charge in [-0.3, -0.25) is 0 Å². The molecule has 0 aliphatic heterocycles. The van der Waals surface area contributed by atoms with Gasteiger partial charge in [-0.1, -0.05) is 0 Å². The summed E-state index contributed by atoms with van der Waals surface area (Å²) in [6.45, 7) is 25.9. The molecule has 0 fully saturated rings. The van der Waals surface area contributed by atoms with Crippen molar-refractivity contribution in [2.75, 3.05) is 0 Å². The molecule has 212 valence electrons. The van der Waals surface area contributed by atoms with Crippen LogP contribution in [0.4, 0.5) is 0 Å². The number of hydrogen-bond acceptors (Lipinski definition) is 2. The summed E-state index contributed by atoms with van der Waals surface area (Å²) >= 11 is -4.02. The molecule has 0 bridgehead atoms. The van der Waals surface area contributed by atoms with Crippen molar-refractivity contribution in [3.05, 3.63) is 82.3 Å². The predicted octanol–water partition coefficient (Wildman–Crippen LogP) is 10.8. The fraction of sp³-hybridized carbons (Fsp3) is 0.500. The zero-order chi connectivity index (χ0) is 29.3. The van der Waals surface area contributed by atoms with E-state index in [9.17, 15) is 0 Å². The summed E-state index contributed by atoms with van der Waals surface area (Å²) in [5.74, 6) is 2.40. The van der Waals surface area contributed by atoms with Gasteiger partial charge >= 0.3 is 243 Å². The monoisotopic (exact) mass is 638 g/mol. The van der Waals surface area contributed by atoms with Gasteiger partial charge in [-0.25, -0.2) is 0 Å². The zero-order valence-electron chi connectivity index (χ0n) is 26.8. The molecule has 0 amide bonds. The molecule has 2 aromatic rings. The molecule has 2 aliphatic rings. The van der Waals surface area contributed by atoms with Crippen LogP contribution in [0.25, 0.3) is 12.2 Å². The third kappa shape index (κ3) is 5.14. The van der Waals surface area contributed by atoms with Gasteiger partial charge < -0.3 is 0 Å². The molecule has 4 rings (SSSR count). The van der Waals surface area contributed by atoms with Crippen LogP contribution in [-0.4, -0.2) is 20.3 Å². The van der Waals surface area contributed by atoms with Crippen LogP contribution in [0.5, 0.6) is 0 Å². The maximum absolute atomic E-state index is 7.29. The Morgan fingerprint density at radius 1 is 0.641 bits per heavy atom. The number of benzene rings is 2. The van der Waals surface area contributed by atoms with Crippen LogP contribution in [0.3, 0.4) is 0 Å². The summed E-state index contributed by atoms with van der Waals surface area (Å²) in [6.07, 6.45) is 4.76. The zero-order valence-corrected chi connectivity index (χ0v) is 31.3. The van der Waals surface area contributed by atoms with Crippen LogP contribution < -0.4 is 0 Å². The van der Waals surface area contributed by atoms with E-state index in [1.165, 1.54) is 33.8 Å². The van der Waals surface area contributed by atoms with E-state index >= 15 is 0 Å². The van der Waals surface area contributed by atoms with Crippen molar-refractivity contribution in [3.8, 4) is 0 Å². The van der Waals surface area contributed by atoms with Gasteiger partial charge in [0.25, 0.3) is 0 Å². The summed E-state index contributed by atoms with van der Waals surface area (Å²) in [4.78, 5) is 0. The molecule has 0 saturated heterocycles. The molecular formula is C34H52O2Si2Zr. The summed E-state index contributed by atoms with van der Waals surface area (Å²) in [7, 11) is -4.11. The molecule has 2 nitrogen and oxygen atoms in total. The molecule has 0 radical (unpaired) electrons. The molecule has 5 heteroatoms. The van der Waals surface area contributed by atoms with Crippen molar-refractivity contribution in [2.45, 2.75) is 101 Å². The molecule has 0 N–H and O–H groups in total. The molecule has 0 saturated carbocycles. The fourth-order valence-corrected chi connectivity index (χ4v) is 22.5. The van der Waals surface area contributed by atoms with Gasteiger partial charge in [0.15, 0.2) is 0 Å². The topological polar surface area (TPSA) is 18.5 Å². The molecule has 0 heterocycles. The van der Waals surface area contributed by atoms with Crippen LogP contribution >= 0.6 is 0 Å². The van der Waals surface area contributed by atoms with E-state index in [0.717, 1.165) is 0 Å². The average Bonchev–Trinajstić information content (AvgIpc) is 3.35. The molecule has 2 aromatic carbocycles. The fourth-order valence-electron chi connectivity index (χ4n) is 6.04. The van der Waals surface area contributed by atoms with Gasteiger partial charge in [0, 0.05) is 0 Å². The number of hydrogen-bond donors (Lipinski definition) is 0. The summed E-state index contributed by atoms with van der Waals surface area (Å²) < 4.78 is 23.1. The van der Waals surface area contributed by atoms with Crippen LogP contribution in [0.1, 0.15) is 78.0 Å². The normalized spacial score (nSPS) is 20.2. The van der Waals surface area contributed by atoms with E-state index in [1.54, 1.807) is 0 Å². The van der Waals surface area contributed by atoms with Gasteiger partial charge in [-0.05, 0) is 0 Å². The van der Waals surface area contributed by atoms with E-state index in [2.05, 4.69) is 148 Å². The van der Waals surface area contributed by atoms with E-state index in [1.807, 2.05) is 0 Å². The quantitative estimate of drug-likeness (QED) is 0.293. The minimum absolute atomic E-state index is 0.131. The van der Waals surface area contributed by atoms with Crippen molar-refractivity contribution in [2.24, 2.45) is 0 Å². The van der Waals surface area contributed by atoms with Crippen molar-refractivity contribution >= 4 is 32.5 Å². The maximum atomic E-state index is 7.29. The summed E-state index contributed by atoms with van der Waals surface area (Å²) in [6, 6.07) is 18.1. The van der Waals surface area contributed by atoms with Crippen molar-refractivity contribution < 1.29 is 27.2 Å². The molecule has 39 heavy (non-hydrogen) atoms. The van der Waals surface area contributed by atoms with Crippen LogP contribution in [0.15, 0.2) is 60.0 Å². The van der Waals surface area contributed by atoms with Gasteiger partial charge in [0.2, 0.25) is 0 Å². The predicted molar refractivity (Wildman–Crippen MR) is 174 cm³/mol. The first kappa shape index (κ1) is 30.7. The van der Waals surface area contributed by atoms with Crippen molar-refractivity contribution in [3.63, 3.8) is 0 Å². The van der Waals surface area contributed by atoms with E-state index < -0.39 is 34.9 Å². The third-order valence-corrected chi connectivity index (χ3v) is 35.9. The number of rotatable bonds is 6. The first-order chi connectivity index (χ1) is 17.7. The van der Waals surface area contributed by atoms with Gasteiger partial charge in [-0.15, -0.1) is 0 Å². The molecule has 2 atom stereocenters. The first-order valence-corrected chi connectivity index (χ1v) is 29.7. The molecule has 0 spiro atoms. The third-order valence-electron chi connectivity index (χ3n) is 10.9. The van der Waals surface area contributed by atoms with Crippen molar-refractivity contribution in [1.82, 2.24) is 0 Å². The van der Waals surface area contributed by atoms with Crippen LogP contribution in [0.2, 0.25) is 45.5 Å². The second-order valence-corrected chi connectivity index (χ2v) is 43.1. The van der Waals surface area contributed by atoms with Gasteiger partial charge in [-0.2, -0.15) is 0 Å². The second kappa shape index (κ2) is 9.63. The standard InChI is InChI=1S/2C15H21OSi.C2H4.2CH3.Zr/c2*1-15(2,3)17(4,5)16-14-10-12-8-6-7-9-13(12)11-14;1-2;;;/h2*6-11H,1-5H3;1H,2H3;2*1H3;. The summed E-state index contributed by atoms with van der Waals surface area (Å²) in [5, 5.41) is 0.263. The Morgan fingerprint density at radius 3 is 1.28 bits per heavy atom. The second-order valence-electron chi connectivity index (χ2n) is 16.0. The Labute approximate surface area is 241 Å². The average molecular weight is 640 g/mol. The van der Waals surface area contributed by atoms with E-state index in [-0.39, 0.29) is 17.3 Å². The Kier molecular flexibility index (Phi) is 7.57. The van der Waals surface area contributed by atoms with E-state index in [4.69, 9.17) is 8.85 Å². The Morgan fingerprint density at radius 2 is 0.974 bits per heavy atom. The van der Waals surface area contributed by atoms with Gasteiger partial charge in [0.1, 0.15) is 0 Å². The van der Waals surface area contributed by atoms with Crippen molar-refractivity contribution in [1.29, 1.82) is 0 Å². The molecule has 0 aromatic heterocycles. The minimum atomic E-state index is -4.02. The number of fused-ring (bicyclic) bond motifs is 2. The number of allylic oxidation sites excluding steroid dienone is 2. The molecule has 2 unspecified atom stereocenters. The Hall–Kier alpha value is -1.29. The SMILES string of the molecule is C[CH]=[Zr]([CH3])([CH3])([CH]1C(O[Si](C)(C)C(C)(C)C)=Cc2ccccc21)[CH]1C(O[Si](C)(C)C(C)(C)C)=Cc2ccccc21. The van der Waals surface area contributed by atoms with E-state index in [0.29, 0.717) is 0 Å². The van der Waals surface area contributed by atoms with Crippen LogP contribution in [0, 0.1) is 0 Å². The summed E-state index contributed by atoms with van der Waals surface area (Å²) in [5.41, 5.74) is 5.53. The van der Waals surface area contributed by atoms with Crippen LogP contribution in [-0.2, 0) is 27.2 Å². The molecular weight excluding hydrogens is 588 g/mol. The van der Waals surface area contributed by atoms with Gasteiger partial charge in [0.05, 0.1) is 0 Å².